The molecule has 1 aliphatic rings. The Balaban J connectivity index is 2.38. The standard InChI is InChI=1S/C15H30N2O/c1-11(2)8-9-12(3)17-15(18)14-7-5-4-6-13(14)10-16/h11-14H,4-10,16H2,1-3H3,(H,17,18). The average molecular weight is 254 g/mol. The fourth-order valence-electron chi connectivity index (χ4n) is 2.84. The van der Waals surface area contributed by atoms with Crippen molar-refractivity contribution in [3.8, 4) is 0 Å². The Hall–Kier alpha value is -0.570. The number of amides is 1. The largest absolute Gasteiger partial charge is 0.353 e. The molecule has 3 unspecified atom stereocenters. The first-order valence-electron chi connectivity index (χ1n) is 7.55. The van der Waals surface area contributed by atoms with Gasteiger partial charge >= 0.3 is 0 Å². The van der Waals surface area contributed by atoms with E-state index in [0.29, 0.717) is 24.4 Å². The molecule has 106 valence electrons. The Morgan fingerprint density at radius 2 is 1.89 bits per heavy atom. The molecule has 0 aliphatic heterocycles. The maximum atomic E-state index is 12.3. The lowest BCUT2D eigenvalue weighted by Gasteiger charge is -2.30. The van der Waals surface area contributed by atoms with E-state index in [2.05, 4.69) is 26.1 Å². The summed E-state index contributed by atoms with van der Waals surface area (Å²) in [6, 6.07) is 0.292. The Morgan fingerprint density at radius 3 is 2.50 bits per heavy atom. The summed E-state index contributed by atoms with van der Waals surface area (Å²) in [7, 11) is 0. The van der Waals surface area contributed by atoms with Crippen LogP contribution in [0, 0.1) is 17.8 Å². The molecule has 0 radical (unpaired) electrons. The summed E-state index contributed by atoms with van der Waals surface area (Å²) in [4.78, 5) is 12.3. The highest BCUT2D eigenvalue weighted by Gasteiger charge is 2.30. The fraction of sp³-hybridized carbons (Fsp3) is 0.933. The van der Waals surface area contributed by atoms with Crippen LogP contribution in [0.25, 0.3) is 0 Å². The smallest absolute Gasteiger partial charge is 0.223 e. The van der Waals surface area contributed by atoms with Crippen LogP contribution >= 0.6 is 0 Å². The molecule has 1 saturated carbocycles. The van der Waals surface area contributed by atoms with Crippen molar-refractivity contribution in [2.45, 2.75) is 65.3 Å². The summed E-state index contributed by atoms with van der Waals surface area (Å²) in [6.07, 6.45) is 6.79. The van der Waals surface area contributed by atoms with Crippen molar-refractivity contribution in [1.29, 1.82) is 0 Å². The molecule has 3 heteroatoms. The summed E-state index contributed by atoms with van der Waals surface area (Å²) in [6.45, 7) is 7.21. The highest BCUT2D eigenvalue weighted by Crippen LogP contribution is 2.29. The molecule has 1 amide bonds. The lowest BCUT2D eigenvalue weighted by Crippen LogP contribution is -2.43. The van der Waals surface area contributed by atoms with Crippen molar-refractivity contribution < 1.29 is 4.79 Å². The SMILES string of the molecule is CC(C)CCC(C)NC(=O)C1CCCCC1CN. The van der Waals surface area contributed by atoms with Crippen LogP contribution in [0.1, 0.15) is 59.3 Å². The van der Waals surface area contributed by atoms with E-state index >= 15 is 0 Å². The van der Waals surface area contributed by atoms with Gasteiger partial charge in [-0.25, -0.2) is 0 Å². The van der Waals surface area contributed by atoms with Gasteiger partial charge in [-0.2, -0.15) is 0 Å². The predicted octanol–water partition coefficient (Wildman–Crippen LogP) is 2.69. The van der Waals surface area contributed by atoms with E-state index in [9.17, 15) is 4.79 Å². The van der Waals surface area contributed by atoms with Gasteiger partial charge in [0.05, 0.1) is 0 Å². The molecule has 0 aromatic rings. The van der Waals surface area contributed by atoms with Gasteiger partial charge in [-0.3, -0.25) is 4.79 Å². The first-order chi connectivity index (χ1) is 8.54. The first kappa shape index (κ1) is 15.5. The van der Waals surface area contributed by atoms with Gasteiger partial charge in [-0.05, 0) is 51.0 Å². The van der Waals surface area contributed by atoms with Crippen molar-refractivity contribution in [2.75, 3.05) is 6.54 Å². The predicted molar refractivity (Wildman–Crippen MR) is 76.2 cm³/mol. The molecule has 1 fully saturated rings. The molecule has 0 spiro atoms. The summed E-state index contributed by atoms with van der Waals surface area (Å²) < 4.78 is 0. The van der Waals surface area contributed by atoms with Gasteiger partial charge in [0.25, 0.3) is 0 Å². The zero-order chi connectivity index (χ0) is 13.5. The van der Waals surface area contributed by atoms with Crippen LogP contribution in [-0.2, 0) is 4.79 Å². The Labute approximate surface area is 112 Å². The van der Waals surface area contributed by atoms with E-state index in [1.807, 2.05) is 0 Å². The maximum Gasteiger partial charge on any atom is 0.223 e. The number of rotatable bonds is 6. The molecule has 0 aromatic carbocycles. The van der Waals surface area contributed by atoms with Gasteiger partial charge in [0.2, 0.25) is 5.91 Å². The number of carbonyl (C=O) groups is 1. The highest BCUT2D eigenvalue weighted by molar-refractivity contribution is 5.79. The van der Waals surface area contributed by atoms with Crippen LogP contribution < -0.4 is 11.1 Å². The summed E-state index contributed by atoms with van der Waals surface area (Å²) >= 11 is 0. The second kappa shape index (κ2) is 7.78. The van der Waals surface area contributed by atoms with Crippen molar-refractivity contribution in [3.05, 3.63) is 0 Å². The molecular formula is C15H30N2O. The normalized spacial score (nSPS) is 26.1. The lowest BCUT2D eigenvalue weighted by molar-refractivity contribution is -0.128. The molecule has 0 bridgehead atoms. The van der Waals surface area contributed by atoms with E-state index in [1.54, 1.807) is 0 Å². The van der Waals surface area contributed by atoms with Gasteiger partial charge in [0.1, 0.15) is 0 Å². The molecule has 1 rings (SSSR count). The average Bonchev–Trinajstić information content (AvgIpc) is 2.36. The Bertz CT molecular complexity index is 253. The molecule has 3 N–H and O–H groups in total. The first-order valence-corrected chi connectivity index (χ1v) is 7.55. The monoisotopic (exact) mass is 254 g/mol. The van der Waals surface area contributed by atoms with Gasteiger partial charge < -0.3 is 11.1 Å². The third-order valence-corrected chi connectivity index (χ3v) is 4.11. The Kier molecular flexibility index (Phi) is 6.69. The van der Waals surface area contributed by atoms with Gasteiger partial charge in [0.15, 0.2) is 0 Å². The maximum absolute atomic E-state index is 12.3. The fourth-order valence-corrected chi connectivity index (χ4v) is 2.84. The molecule has 18 heavy (non-hydrogen) atoms. The van der Waals surface area contributed by atoms with Crippen LogP contribution in [-0.4, -0.2) is 18.5 Å². The second-order valence-electron chi connectivity index (χ2n) is 6.27. The van der Waals surface area contributed by atoms with Crippen molar-refractivity contribution in [2.24, 2.45) is 23.5 Å². The lowest BCUT2D eigenvalue weighted by atomic mass is 9.78. The van der Waals surface area contributed by atoms with Crippen molar-refractivity contribution in [3.63, 3.8) is 0 Å². The number of hydrogen-bond donors (Lipinski definition) is 2. The summed E-state index contributed by atoms with van der Waals surface area (Å²) in [5.41, 5.74) is 5.78. The minimum absolute atomic E-state index is 0.158. The molecule has 0 heterocycles. The van der Waals surface area contributed by atoms with Gasteiger partial charge in [-0.15, -0.1) is 0 Å². The summed E-state index contributed by atoms with van der Waals surface area (Å²) in [5, 5.41) is 3.17. The van der Waals surface area contributed by atoms with Crippen LogP contribution in [0.2, 0.25) is 0 Å². The number of hydrogen-bond acceptors (Lipinski definition) is 2. The minimum Gasteiger partial charge on any atom is -0.353 e. The third kappa shape index (κ3) is 4.97. The van der Waals surface area contributed by atoms with Crippen LogP contribution in [0.5, 0.6) is 0 Å². The second-order valence-corrected chi connectivity index (χ2v) is 6.27. The summed E-state index contributed by atoms with van der Waals surface area (Å²) in [5.74, 6) is 1.50. The molecule has 0 aromatic heterocycles. The number of nitrogens with one attached hydrogen (secondary N) is 1. The number of nitrogens with two attached hydrogens (primary N) is 1. The van der Waals surface area contributed by atoms with Crippen molar-refractivity contribution in [1.82, 2.24) is 5.32 Å². The molecule has 0 saturated heterocycles. The van der Waals surface area contributed by atoms with Crippen molar-refractivity contribution >= 4 is 5.91 Å². The molecule has 3 nitrogen and oxygen atoms in total. The Morgan fingerprint density at radius 1 is 1.22 bits per heavy atom. The van der Waals surface area contributed by atoms with E-state index in [4.69, 9.17) is 5.73 Å². The zero-order valence-corrected chi connectivity index (χ0v) is 12.2. The zero-order valence-electron chi connectivity index (χ0n) is 12.2. The van der Waals surface area contributed by atoms with Gasteiger partial charge in [-0.1, -0.05) is 26.7 Å². The van der Waals surface area contributed by atoms with Gasteiger partial charge in [0, 0.05) is 12.0 Å². The molecule has 1 aliphatic carbocycles. The minimum atomic E-state index is 0.158. The van der Waals surface area contributed by atoms with Crippen LogP contribution in [0.4, 0.5) is 0 Å². The topological polar surface area (TPSA) is 55.1 Å². The van der Waals surface area contributed by atoms with E-state index in [0.717, 1.165) is 19.3 Å². The van der Waals surface area contributed by atoms with Crippen LogP contribution in [0.3, 0.4) is 0 Å². The van der Waals surface area contributed by atoms with Crippen LogP contribution in [0.15, 0.2) is 0 Å². The number of carbonyl (C=O) groups excluding carboxylic acids is 1. The molecular weight excluding hydrogens is 224 g/mol. The quantitative estimate of drug-likeness (QED) is 0.765. The highest BCUT2D eigenvalue weighted by atomic mass is 16.1. The van der Waals surface area contributed by atoms with E-state index in [-0.39, 0.29) is 11.8 Å². The molecule has 3 atom stereocenters. The van der Waals surface area contributed by atoms with E-state index < -0.39 is 0 Å². The van der Waals surface area contributed by atoms with E-state index in [1.165, 1.54) is 19.3 Å². The third-order valence-electron chi connectivity index (χ3n) is 4.11.